The van der Waals surface area contributed by atoms with Gasteiger partial charge in [-0.1, -0.05) is 30.3 Å². The third-order valence-corrected chi connectivity index (χ3v) is 4.21. The molecular formula is C18H11NO5. The zero-order valence-electron chi connectivity index (χ0n) is 12.4. The largest absolute Gasteiger partial charge is 0.488 e. The molecule has 0 spiro atoms. The number of carbonyl (C=O) groups is 4. The molecule has 0 aromatic heterocycles. The molecule has 2 aliphatic heterocycles. The molecule has 0 saturated carbocycles. The van der Waals surface area contributed by atoms with Crippen molar-refractivity contribution < 1.29 is 23.9 Å². The van der Waals surface area contributed by atoms with Crippen LogP contribution in [0.5, 0.6) is 5.75 Å². The Labute approximate surface area is 136 Å². The second-order valence-electron chi connectivity index (χ2n) is 5.65. The van der Waals surface area contributed by atoms with Gasteiger partial charge in [0.25, 0.3) is 5.91 Å². The van der Waals surface area contributed by atoms with E-state index in [1.165, 1.54) is 12.1 Å². The zero-order valence-corrected chi connectivity index (χ0v) is 12.4. The highest BCUT2D eigenvalue weighted by Crippen LogP contribution is 2.32. The van der Waals surface area contributed by atoms with Crippen molar-refractivity contribution in [2.24, 2.45) is 0 Å². The maximum Gasteiger partial charge on any atom is 0.295 e. The Balaban J connectivity index is 1.82. The van der Waals surface area contributed by atoms with Gasteiger partial charge in [0.15, 0.2) is 5.78 Å². The van der Waals surface area contributed by atoms with E-state index in [0.717, 1.165) is 5.56 Å². The minimum Gasteiger partial charge on any atom is -0.488 e. The summed E-state index contributed by atoms with van der Waals surface area (Å²) in [7, 11) is 0. The molecule has 0 radical (unpaired) electrons. The van der Waals surface area contributed by atoms with Crippen LogP contribution in [-0.4, -0.2) is 23.4 Å². The second kappa shape index (κ2) is 5.13. The minimum absolute atomic E-state index is 0.239. The van der Waals surface area contributed by atoms with Crippen molar-refractivity contribution in [2.45, 2.75) is 12.5 Å². The van der Waals surface area contributed by atoms with E-state index in [2.05, 4.69) is 0 Å². The van der Waals surface area contributed by atoms with E-state index in [4.69, 9.17) is 4.74 Å². The highest BCUT2D eigenvalue weighted by Gasteiger charge is 2.41. The number of Topliss-reactive ketones (excluding diaryl/α,β-unsaturated/α-hetero) is 1. The van der Waals surface area contributed by atoms with Crippen molar-refractivity contribution in [3.8, 4) is 5.75 Å². The standard InChI is InChI=1S/C18H11NO5/c20-15-11-4-2-1-3-10(11)8-24-13-6-5-9(7-12(13)15)14-16(21)18(23)19-17(14)22/h1-7,14H,8H2,(H,19,22,23). The van der Waals surface area contributed by atoms with Crippen LogP contribution in [0.2, 0.25) is 0 Å². The molecule has 2 aliphatic rings. The maximum absolute atomic E-state index is 12.8. The van der Waals surface area contributed by atoms with Crippen LogP contribution in [0.15, 0.2) is 42.5 Å². The van der Waals surface area contributed by atoms with Gasteiger partial charge in [0, 0.05) is 11.1 Å². The summed E-state index contributed by atoms with van der Waals surface area (Å²) in [6, 6.07) is 11.6. The van der Waals surface area contributed by atoms with Crippen molar-refractivity contribution in [1.82, 2.24) is 5.32 Å². The third kappa shape index (κ3) is 2.04. The highest BCUT2D eigenvalue weighted by molar-refractivity contribution is 6.50. The average Bonchev–Trinajstić information content (AvgIpc) is 2.76. The number of ether oxygens (including phenoxy) is 1. The Morgan fingerprint density at radius 3 is 2.50 bits per heavy atom. The number of imide groups is 1. The number of hydrogen-bond donors (Lipinski definition) is 1. The molecule has 2 heterocycles. The van der Waals surface area contributed by atoms with Gasteiger partial charge >= 0.3 is 0 Å². The molecule has 1 N–H and O–H groups in total. The number of carbonyl (C=O) groups excluding carboxylic acids is 4. The molecule has 1 fully saturated rings. The monoisotopic (exact) mass is 321 g/mol. The van der Waals surface area contributed by atoms with Crippen LogP contribution in [-0.2, 0) is 21.0 Å². The number of fused-ring (bicyclic) bond motifs is 2. The van der Waals surface area contributed by atoms with Gasteiger partial charge in [-0.25, -0.2) is 0 Å². The predicted molar refractivity (Wildman–Crippen MR) is 81.5 cm³/mol. The van der Waals surface area contributed by atoms with E-state index >= 15 is 0 Å². The summed E-state index contributed by atoms with van der Waals surface area (Å²) in [4.78, 5) is 47.9. The topological polar surface area (TPSA) is 89.5 Å². The minimum atomic E-state index is -1.21. The summed E-state index contributed by atoms with van der Waals surface area (Å²) < 4.78 is 5.66. The summed E-state index contributed by atoms with van der Waals surface area (Å²) in [5, 5.41) is 1.99. The zero-order chi connectivity index (χ0) is 16.8. The number of amides is 2. The Kier molecular flexibility index (Phi) is 3.06. The lowest BCUT2D eigenvalue weighted by Gasteiger charge is -2.10. The van der Waals surface area contributed by atoms with Crippen LogP contribution < -0.4 is 10.1 Å². The first-order valence-electron chi connectivity index (χ1n) is 7.34. The second-order valence-corrected chi connectivity index (χ2v) is 5.65. The van der Waals surface area contributed by atoms with Gasteiger partial charge < -0.3 is 4.74 Å². The van der Waals surface area contributed by atoms with Crippen LogP contribution >= 0.6 is 0 Å². The first kappa shape index (κ1) is 14.3. The maximum atomic E-state index is 12.8. The smallest absolute Gasteiger partial charge is 0.295 e. The lowest BCUT2D eigenvalue weighted by atomic mass is 9.92. The summed E-state index contributed by atoms with van der Waals surface area (Å²) in [5.41, 5.74) is 1.87. The molecule has 118 valence electrons. The van der Waals surface area contributed by atoms with Crippen LogP contribution in [0.1, 0.15) is 33.0 Å². The lowest BCUT2D eigenvalue weighted by Crippen LogP contribution is -2.22. The quantitative estimate of drug-likeness (QED) is 0.483. The number of rotatable bonds is 1. The van der Waals surface area contributed by atoms with Gasteiger partial charge in [0.1, 0.15) is 18.3 Å². The molecular weight excluding hydrogens is 310 g/mol. The Hall–Kier alpha value is -3.28. The van der Waals surface area contributed by atoms with Gasteiger partial charge in [-0.2, -0.15) is 0 Å². The van der Waals surface area contributed by atoms with E-state index < -0.39 is 23.5 Å². The molecule has 24 heavy (non-hydrogen) atoms. The SMILES string of the molecule is O=C1NC(=O)C(c2ccc3c(c2)C(=O)c2ccccc2CO3)C1=O. The fourth-order valence-electron chi connectivity index (χ4n) is 3.00. The van der Waals surface area contributed by atoms with Crippen molar-refractivity contribution in [1.29, 1.82) is 0 Å². The summed E-state index contributed by atoms with van der Waals surface area (Å²) in [6.45, 7) is 0.260. The molecule has 0 bridgehead atoms. The van der Waals surface area contributed by atoms with Gasteiger partial charge in [-0.05, 0) is 17.7 Å². The molecule has 4 rings (SSSR count). The molecule has 2 aromatic rings. The molecule has 2 aromatic carbocycles. The normalized spacial score (nSPS) is 19.2. The Bertz CT molecular complexity index is 931. The van der Waals surface area contributed by atoms with E-state index in [1.54, 1.807) is 18.2 Å². The van der Waals surface area contributed by atoms with Crippen molar-refractivity contribution in [3.63, 3.8) is 0 Å². The number of benzene rings is 2. The van der Waals surface area contributed by atoms with E-state index in [1.807, 2.05) is 17.4 Å². The summed E-state index contributed by atoms with van der Waals surface area (Å²) >= 11 is 0. The Morgan fingerprint density at radius 2 is 1.75 bits per heavy atom. The van der Waals surface area contributed by atoms with Crippen molar-refractivity contribution in [2.75, 3.05) is 0 Å². The predicted octanol–water partition coefficient (Wildman–Crippen LogP) is 1.12. The highest BCUT2D eigenvalue weighted by atomic mass is 16.5. The van der Waals surface area contributed by atoms with Gasteiger partial charge in [-0.3, -0.25) is 24.5 Å². The first-order valence-corrected chi connectivity index (χ1v) is 7.34. The fraction of sp³-hybridized carbons (Fsp3) is 0.111. The van der Waals surface area contributed by atoms with E-state index in [9.17, 15) is 19.2 Å². The van der Waals surface area contributed by atoms with Crippen molar-refractivity contribution in [3.05, 3.63) is 64.7 Å². The van der Waals surface area contributed by atoms with Crippen LogP contribution in [0.3, 0.4) is 0 Å². The van der Waals surface area contributed by atoms with Crippen molar-refractivity contribution >= 4 is 23.4 Å². The van der Waals surface area contributed by atoms with Crippen LogP contribution in [0.25, 0.3) is 0 Å². The molecule has 0 aliphatic carbocycles. The fourth-order valence-corrected chi connectivity index (χ4v) is 3.00. The first-order chi connectivity index (χ1) is 11.6. The van der Waals surface area contributed by atoms with Gasteiger partial charge in [0.05, 0.1) is 5.56 Å². The summed E-state index contributed by atoms with van der Waals surface area (Å²) in [5.74, 6) is -3.48. The molecule has 6 heteroatoms. The molecule has 1 unspecified atom stereocenters. The molecule has 6 nitrogen and oxygen atoms in total. The number of nitrogens with one attached hydrogen (secondary N) is 1. The van der Waals surface area contributed by atoms with Gasteiger partial charge in [0.2, 0.25) is 11.7 Å². The average molecular weight is 321 g/mol. The van der Waals surface area contributed by atoms with E-state index in [0.29, 0.717) is 16.9 Å². The van der Waals surface area contributed by atoms with Crippen LogP contribution in [0, 0.1) is 0 Å². The molecule has 1 atom stereocenters. The van der Waals surface area contributed by atoms with Crippen LogP contribution in [0.4, 0.5) is 0 Å². The lowest BCUT2D eigenvalue weighted by molar-refractivity contribution is -0.135. The number of hydrogen-bond acceptors (Lipinski definition) is 5. The molecule has 1 saturated heterocycles. The third-order valence-electron chi connectivity index (χ3n) is 4.21. The molecule has 2 amide bonds. The number of ketones is 2. The summed E-state index contributed by atoms with van der Waals surface area (Å²) in [6.07, 6.45) is 0. The van der Waals surface area contributed by atoms with E-state index in [-0.39, 0.29) is 18.0 Å². The Morgan fingerprint density at radius 1 is 0.958 bits per heavy atom. The van der Waals surface area contributed by atoms with Gasteiger partial charge in [-0.15, -0.1) is 0 Å².